The number of nitrogens with one attached hydrogen (secondary N) is 1. The van der Waals surface area contributed by atoms with Crippen LogP contribution in [-0.2, 0) is 22.1 Å². The van der Waals surface area contributed by atoms with E-state index in [1.165, 1.54) is 25.3 Å². The van der Waals surface area contributed by atoms with E-state index in [1.54, 1.807) is 30.9 Å². The number of benzene rings is 1. The zero-order valence-electron chi connectivity index (χ0n) is 14.6. The molecule has 1 amide bonds. The van der Waals surface area contributed by atoms with Gasteiger partial charge in [0.25, 0.3) is 5.91 Å². The van der Waals surface area contributed by atoms with Gasteiger partial charge in [0.05, 0.1) is 21.5 Å². The first kappa shape index (κ1) is 19.4. The van der Waals surface area contributed by atoms with Gasteiger partial charge in [-0.2, -0.15) is 13.5 Å². The van der Waals surface area contributed by atoms with E-state index in [-0.39, 0.29) is 16.4 Å². The summed E-state index contributed by atoms with van der Waals surface area (Å²) in [5.74, 6) is -0.631. The fourth-order valence-electron chi connectivity index (χ4n) is 2.51. The maximum atomic E-state index is 12.7. The first-order valence-corrected chi connectivity index (χ1v) is 9.81. The van der Waals surface area contributed by atoms with Gasteiger partial charge >= 0.3 is 10.2 Å². The Morgan fingerprint density at radius 1 is 1.19 bits per heavy atom. The van der Waals surface area contributed by atoms with Gasteiger partial charge in [-0.25, -0.2) is 4.31 Å². The van der Waals surface area contributed by atoms with Crippen molar-refractivity contribution in [2.24, 2.45) is 11.4 Å². The van der Waals surface area contributed by atoms with Crippen molar-refractivity contribution in [2.45, 2.75) is 6.92 Å². The molecule has 2 aromatic rings. The Labute approximate surface area is 166 Å². The second-order valence-electron chi connectivity index (χ2n) is 5.84. The second-order valence-corrected chi connectivity index (χ2v) is 8.28. The topological polar surface area (TPSA) is 96.7 Å². The number of rotatable bonds is 3. The van der Waals surface area contributed by atoms with E-state index in [0.717, 1.165) is 4.31 Å². The smallest absolute Gasteiger partial charge is 0.321 e. The number of anilines is 1. The van der Waals surface area contributed by atoms with Gasteiger partial charge in [0, 0.05) is 31.5 Å². The van der Waals surface area contributed by atoms with Gasteiger partial charge in [-0.3, -0.25) is 9.48 Å². The molecule has 1 aliphatic rings. The van der Waals surface area contributed by atoms with Gasteiger partial charge < -0.3 is 5.32 Å². The molecule has 0 atom stereocenters. The number of aromatic nitrogens is 2. The third-order valence-electron chi connectivity index (χ3n) is 3.87. The standard InChI is InChI=1S/C16H15Cl2N5O3S/c1-9-11(8-22(2)20-9)14-7-15(23(3)27(25,26)21-14)16(24)19-10-4-5-12(17)13(18)6-10/h4-8H,1-3H3,(H,19,24). The molecule has 3 rings (SSSR count). The largest absolute Gasteiger partial charge is 0.345 e. The number of carbonyl (C=O) groups is 1. The highest BCUT2D eigenvalue weighted by atomic mass is 35.5. The summed E-state index contributed by atoms with van der Waals surface area (Å²) >= 11 is 11.8. The molecule has 1 aromatic heterocycles. The van der Waals surface area contributed by atoms with Crippen LogP contribution in [0.3, 0.4) is 0 Å². The van der Waals surface area contributed by atoms with E-state index in [2.05, 4.69) is 14.8 Å². The van der Waals surface area contributed by atoms with E-state index in [0.29, 0.717) is 22.0 Å². The van der Waals surface area contributed by atoms with Crippen LogP contribution in [0.5, 0.6) is 0 Å². The third-order valence-corrected chi connectivity index (χ3v) is 5.93. The lowest BCUT2D eigenvalue weighted by Crippen LogP contribution is -2.35. The number of likely N-dealkylation sites (N-methyl/N-ethyl adjacent to an activating group) is 1. The molecule has 0 saturated carbocycles. The Bertz CT molecular complexity index is 1110. The molecule has 1 N–H and O–H groups in total. The van der Waals surface area contributed by atoms with E-state index >= 15 is 0 Å². The highest BCUT2D eigenvalue weighted by molar-refractivity contribution is 7.88. The molecule has 142 valence electrons. The molecule has 11 heteroatoms. The van der Waals surface area contributed by atoms with Crippen LogP contribution in [0.2, 0.25) is 10.0 Å². The van der Waals surface area contributed by atoms with Crippen LogP contribution in [0.25, 0.3) is 0 Å². The predicted molar refractivity (Wildman–Crippen MR) is 104 cm³/mol. The van der Waals surface area contributed by atoms with Gasteiger partial charge in [0.15, 0.2) is 0 Å². The quantitative estimate of drug-likeness (QED) is 0.813. The van der Waals surface area contributed by atoms with Crippen LogP contribution in [0.1, 0.15) is 11.3 Å². The summed E-state index contributed by atoms with van der Waals surface area (Å²) in [6.07, 6.45) is 3.04. The SMILES string of the molecule is Cc1nn(C)cc1C1=NS(=O)(=O)N(C)C(C(=O)Nc2ccc(Cl)c(Cl)c2)=C1. The number of carbonyl (C=O) groups excluding carboxylic acids is 1. The summed E-state index contributed by atoms with van der Waals surface area (Å²) in [6, 6.07) is 4.56. The number of allylic oxidation sites excluding steroid dienone is 1. The molecule has 0 radical (unpaired) electrons. The van der Waals surface area contributed by atoms with Crippen molar-refractivity contribution in [3.8, 4) is 0 Å². The van der Waals surface area contributed by atoms with Crippen molar-refractivity contribution < 1.29 is 13.2 Å². The number of nitrogens with zero attached hydrogens (tertiary/aromatic N) is 4. The zero-order chi connectivity index (χ0) is 19.9. The second kappa shape index (κ2) is 6.99. The van der Waals surface area contributed by atoms with Crippen molar-refractivity contribution in [1.29, 1.82) is 0 Å². The van der Waals surface area contributed by atoms with Crippen molar-refractivity contribution in [3.63, 3.8) is 0 Å². The first-order valence-electron chi connectivity index (χ1n) is 7.66. The molecule has 0 unspecified atom stereocenters. The zero-order valence-corrected chi connectivity index (χ0v) is 16.9. The summed E-state index contributed by atoms with van der Waals surface area (Å²) in [4.78, 5) is 12.7. The maximum absolute atomic E-state index is 12.7. The molecule has 0 fully saturated rings. The van der Waals surface area contributed by atoms with Gasteiger partial charge in [-0.15, -0.1) is 4.40 Å². The first-order chi connectivity index (χ1) is 12.6. The Morgan fingerprint density at radius 2 is 1.89 bits per heavy atom. The minimum atomic E-state index is -4.06. The van der Waals surface area contributed by atoms with Crippen molar-refractivity contribution in [3.05, 3.63) is 57.5 Å². The van der Waals surface area contributed by atoms with Gasteiger partial charge in [0.1, 0.15) is 5.70 Å². The average molecular weight is 428 g/mol. The lowest BCUT2D eigenvalue weighted by Gasteiger charge is -2.23. The van der Waals surface area contributed by atoms with Crippen LogP contribution in [-0.4, -0.2) is 41.2 Å². The highest BCUT2D eigenvalue weighted by Gasteiger charge is 2.31. The van der Waals surface area contributed by atoms with Crippen LogP contribution >= 0.6 is 23.2 Å². The summed E-state index contributed by atoms with van der Waals surface area (Å²) in [5.41, 5.74) is 1.54. The van der Waals surface area contributed by atoms with Crippen LogP contribution in [0.4, 0.5) is 5.69 Å². The molecule has 27 heavy (non-hydrogen) atoms. The molecule has 1 aliphatic heterocycles. The number of hydrogen-bond acceptors (Lipinski definition) is 4. The lowest BCUT2D eigenvalue weighted by molar-refractivity contribution is -0.113. The monoisotopic (exact) mass is 427 g/mol. The lowest BCUT2D eigenvalue weighted by atomic mass is 10.1. The number of aryl methyl sites for hydroxylation is 2. The van der Waals surface area contributed by atoms with Gasteiger partial charge in [0.2, 0.25) is 0 Å². The number of amides is 1. The van der Waals surface area contributed by atoms with Crippen molar-refractivity contribution in [1.82, 2.24) is 14.1 Å². The summed E-state index contributed by atoms with van der Waals surface area (Å²) in [7, 11) is -1.09. The van der Waals surface area contributed by atoms with Gasteiger partial charge in [-0.1, -0.05) is 23.2 Å². The number of hydrogen-bond donors (Lipinski definition) is 1. The maximum Gasteiger partial charge on any atom is 0.345 e. The summed E-state index contributed by atoms with van der Waals surface area (Å²) in [6.45, 7) is 1.73. The predicted octanol–water partition coefficient (Wildman–Crippen LogP) is 2.54. The fraction of sp³-hybridized carbons (Fsp3) is 0.188. The number of halogens is 2. The molecule has 8 nitrogen and oxygen atoms in total. The molecular formula is C16H15Cl2N5O3S. The molecule has 0 aliphatic carbocycles. The van der Waals surface area contributed by atoms with E-state index in [9.17, 15) is 13.2 Å². The minimum Gasteiger partial charge on any atom is -0.321 e. The van der Waals surface area contributed by atoms with Crippen molar-refractivity contribution >= 4 is 50.7 Å². The van der Waals surface area contributed by atoms with Crippen molar-refractivity contribution in [2.75, 3.05) is 12.4 Å². The fourth-order valence-corrected chi connectivity index (χ4v) is 3.72. The molecule has 0 spiro atoms. The van der Waals surface area contributed by atoms with Crippen LogP contribution in [0, 0.1) is 6.92 Å². The Morgan fingerprint density at radius 3 is 2.48 bits per heavy atom. The highest BCUT2D eigenvalue weighted by Crippen LogP contribution is 2.26. The Hall–Kier alpha value is -2.36. The summed E-state index contributed by atoms with van der Waals surface area (Å²) in [5, 5.41) is 7.39. The third kappa shape index (κ3) is 3.85. The Kier molecular flexibility index (Phi) is 5.02. The van der Waals surface area contributed by atoms with Crippen LogP contribution < -0.4 is 5.32 Å². The van der Waals surface area contributed by atoms with Crippen LogP contribution in [0.15, 0.2) is 40.6 Å². The van der Waals surface area contributed by atoms with E-state index < -0.39 is 16.1 Å². The molecule has 0 saturated heterocycles. The van der Waals surface area contributed by atoms with Gasteiger partial charge in [-0.05, 0) is 31.2 Å². The van der Waals surface area contributed by atoms with E-state index in [4.69, 9.17) is 23.2 Å². The summed E-state index contributed by atoms with van der Waals surface area (Å²) < 4.78 is 30.9. The van der Waals surface area contributed by atoms with E-state index in [1.807, 2.05) is 0 Å². The minimum absolute atomic E-state index is 0.0886. The molecule has 1 aromatic carbocycles. The molecular weight excluding hydrogens is 413 g/mol. The Balaban J connectivity index is 1.99. The molecule has 2 heterocycles. The molecule has 0 bridgehead atoms. The average Bonchev–Trinajstić information content (AvgIpc) is 2.91. The normalized spacial score (nSPS) is 16.0.